The van der Waals surface area contributed by atoms with Crippen LogP contribution in [0.2, 0.25) is 0 Å². The molecule has 4 rings (SSSR count). The van der Waals surface area contributed by atoms with E-state index in [1.165, 1.54) is 0 Å². The van der Waals surface area contributed by atoms with E-state index in [1.807, 2.05) is 85.8 Å². The number of benzene rings is 3. The van der Waals surface area contributed by atoms with Crippen molar-refractivity contribution in [3.63, 3.8) is 0 Å². The molecule has 0 saturated carbocycles. The van der Waals surface area contributed by atoms with E-state index in [-0.39, 0.29) is 17.7 Å². The van der Waals surface area contributed by atoms with Crippen molar-refractivity contribution in [2.24, 2.45) is 0 Å². The molecule has 0 saturated heterocycles. The molecule has 1 aliphatic rings. The molecule has 1 N–H and O–H groups in total. The van der Waals surface area contributed by atoms with Crippen molar-refractivity contribution >= 4 is 11.8 Å². The third-order valence-corrected chi connectivity index (χ3v) is 7.41. The summed E-state index contributed by atoms with van der Waals surface area (Å²) in [6.07, 6.45) is 0.675. The van der Waals surface area contributed by atoms with Gasteiger partial charge in [-0.05, 0) is 60.8 Å². The highest BCUT2D eigenvalue weighted by atomic mass is 16.5. The van der Waals surface area contributed by atoms with Gasteiger partial charge >= 0.3 is 0 Å². The zero-order valence-corrected chi connectivity index (χ0v) is 22.7. The fraction of sp³-hybridized carbons (Fsp3) is 0.375. The van der Waals surface area contributed by atoms with Gasteiger partial charge in [-0.15, -0.1) is 0 Å². The Kier molecular flexibility index (Phi) is 9.55. The van der Waals surface area contributed by atoms with Crippen LogP contribution in [0.15, 0.2) is 78.9 Å². The summed E-state index contributed by atoms with van der Waals surface area (Å²) >= 11 is 0. The van der Waals surface area contributed by atoms with Crippen molar-refractivity contribution in [3.8, 4) is 5.75 Å². The maximum atomic E-state index is 13.7. The molecule has 2 atom stereocenters. The molecule has 3 aromatic rings. The summed E-state index contributed by atoms with van der Waals surface area (Å²) in [7, 11) is 0. The van der Waals surface area contributed by atoms with E-state index in [1.54, 1.807) is 4.90 Å². The number of amides is 2. The van der Waals surface area contributed by atoms with Gasteiger partial charge in [0.15, 0.2) is 0 Å². The number of fused-ring (bicyclic) bond motifs is 1. The predicted molar refractivity (Wildman–Crippen MR) is 151 cm³/mol. The number of carbonyl (C=O) groups is 2. The number of nitrogens with one attached hydrogen (secondary N) is 1. The Balaban J connectivity index is 1.56. The van der Waals surface area contributed by atoms with Gasteiger partial charge in [-0.3, -0.25) is 9.59 Å². The minimum absolute atomic E-state index is 0.0323. The van der Waals surface area contributed by atoms with Gasteiger partial charge < -0.3 is 19.9 Å². The Hall–Kier alpha value is -3.64. The van der Waals surface area contributed by atoms with E-state index in [4.69, 9.17) is 4.74 Å². The van der Waals surface area contributed by atoms with Gasteiger partial charge in [0.1, 0.15) is 18.4 Å². The SMILES string of the molecule is CCN(CC)CCNC(=O)C1c2ccc(OCc3ccccc3)cc2CCN1C(=O)C(C)c1ccccc1. The number of nitrogens with zero attached hydrogens (tertiary/aromatic N) is 2. The van der Waals surface area contributed by atoms with Gasteiger partial charge in [0, 0.05) is 19.6 Å². The Morgan fingerprint density at radius 3 is 2.37 bits per heavy atom. The summed E-state index contributed by atoms with van der Waals surface area (Å²) in [6.45, 7) is 10.3. The molecule has 1 heterocycles. The van der Waals surface area contributed by atoms with E-state index < -0.39 is 6.04 Å². The zero-order valence-electron chi connectivity index (χ0n) is 22.7. The lowest BCUT2D eigenvalue weighted by Gasteiger charge is -2.38. The Bertz CT molecular complexity index is 1200. The fourth-order valence-corrected chi connectivity index (χ4v) is 5.06. The minimum atomic E-state index is -0.669. The molecular formula is C32H39N3O3. The van der Waals surface area contributed by atoms with Crippen LogP contribution in [0.5, 0.6) is 5.75 Å². The van der Waals surface area contributed by atoms with Crippen LogP contribution in [0.3, 0.4) is 0 Å². The van der Waals surface area contributed by atoms with Gasteiger partial charge in [-0.2, -0.15) is 0 Å². The third kappa shape index (κ3) is 6.62. The van der Waals surface area contributed by atoms with Gasteiger partial charge in [0.05, 0.1) is 5.92 Å². The molecule has 6 heteroatoms. The lowest BCUT2D eigenvalue weighted by Crippen LogP contribution is -2.49. The smallest absolute Gasteiger partial charge is 0.247 e. The van der Waals surface area contributed by atoms with Crippen LogP contribution in [0.25, 0.3) is 0 Å². The van der Waals surface area contributed by atoms with Crippen molar-refractivity contribution in [3.05, 3.63) is 101 Å². The maximum Gasteiger partial charge on any atom is 0.247 e. The van der Waals surface area contributed by atoms with Crippen LogP contribution in [-0.4, -0.2) is 54.3 Å². The molecule has 1 aliphatic heterocycles. The first-order valence-electron chi connectivity index (χ1n) is 13.7. The molecule has 38 heavy (non-hydrogen) atoms. The first-order chi connectivity index (χ1) is 18.5. The van der Waals surface area contributed by atoms with Gasteiger partial charge in [-0.25, -0.2) is 0 Å². The summed E-state index contributed by atoms with van der Waals surface area (Å²) in [4.78, 5) is 31.4. The molecule has 0 aromatic heterocycles. The van der Waals surface area contributed by atoms with Crippen molar-refractivity contribution < 1.29 is 14.3 Å². The number of ether oxygens (including phenoxy) is 1. The molecule has 0 fully saturated rings. The van der Waals surface area contributed by atoms with E-state index >= 15 is 0 Å². The lowest BCUT2D eigenvalue weighted by atomic mass is 9.89. The summed E-state index contributed by atoms with van der Waals surface area (Å²) in [6, 6.07) is 25.0. The van der Waals surface area contributed by atoms with Crippen LogP contribution < -0.4 is 10.1 Å². The predicted octanol–water partition coefficient (Wildman–Crippen LogP) is 4.95. The fourth-order valence-electron chi connectivity index (χ4n) is 5.06. The standard InChI is InChI=1S/C32H39N3O3/c1-4-34(5-2)21-19-33-31(36)30-29-17-16-28(38-23-25-12-8-6-9-13-25)22-27(29)18-20-35(30)32(37)24(3)26-14-10-7-11-15-26/h6-17,22,24,30H,4-5,18-21,23H2,1-3H3,(H,33,36). The first-order valence-corrected chi connectivity index (χ1v) is 13.7. The second-order valence-corrected chi connectivity index (χ2v) is 9.77. The first kappa shape index (κ1) is 27.4. The van der Waals surface area contributed by atoms with E-state index in [2.05, 4.69) is 24.1 Å². The minimum Gasteiger partial charge on any atom is -0.489 e. The summed E-state index contributed by atoms with van der Waals surface area (Å²) in [5.74, 6) is 0.266. The molecule has 6 nitrogen and oxygen atoms in total. The summed E-state index contributed by atoms with van der Waals surface area (Å²) < 4.78 is 6.05. The van der Waals surface area contributed by atoms with Gasteiger partial charge in [-0.1, -0.05) is 80.6 Å². The molecule has 0 spiro atoms. The largest absolute Gasteiger partial charge is 0.489 e. The normalized spacial score (nSPS) is 15.6. The molecule has 0 radical (unpaired) electrons. The Morgan fingerprint density at radius 1 is 1.00 bits per heavy atom. The zero-order chi connectivity index (χ0) is 26.9. The second-order valence-electron chi connectivity index (χ2n) is 9.77. The molecule has 2 amide bonds. The average molecular weight is 514 g/mol. The summed E-state index contributed by atoms with van der Waals surface area (Å²) in [5, 5.41) is 3.11. The molecule has 2 unspecified atom stereocenters. The molecule has 3 aromatic carbocycles. The number of hydrogen-bond donors (Lipinski definition) is 1. The van der Waals surface area contributed by atoms with Crippen LogP contribution in [0.4, 0.5) is 0 Å². The van der Waals surface area contributed by atoms with Crippen LogP contribution >= 0.6 is 0 Å². The quantitative estimate of drug-likeness (QED) is 0.394. The van der Waals surface area contributed by atoms with E-state index in [9.17, 15) is 9.59 Å². The molecular weight excluding hydrogens is 474 g/mol. The van der Waals surface area contributed by atoms with E-state index in [0.29, 0.717) is 26.1 Å². The molecule has 200 valence electrons. The van der Waals surface area contributed by atoms with Gasteiger partial charge in [0.25, 0.3) is 0 Å². The highest BCUT2D eigenvalue weighted by Crippen LogP contribution is 2.35. The number of carbonyl (C=O) groups excluding carboxylic acids is 2. The van der Waals surface area contributed by atoms with Crippen molar-refractivity contribution in [1.29, 1.82) is 0 Å². The molecule has 0 bridgehead atoms. The average Bonchev–Trinajstić information content (AvgIpc) is 2.97. The Labute approximate surface area is 226 Å². The van der Waals surface area contributed by atoms with Crippen LogP contribution in [0.1, 0.15) is 55.0 Å². The highest BCUT2D eigenvalue weighted by molar-refractivity contribution is 5.92. The van der Waals surface area contributed by atoms with Crippen molar-refractivity contribution in [1.82, 2.24) is 15.1 Å². The highest BCUT2D eigenvalue weighted by Gasteiger charge is 2.37. The topological polar surface area (TPSA) is 61.9 Å². The monoisotopic (exact) mass is 513 g/mol. The van der Waals surface area contributed by atoms with Crippen LogP contribution in [0, 0.1) is 0 Å². The number of hydrogen-bond acceptors (Lipinski definition) is 4. The van der Waals surface area contributed by atoms with Gasteiger partial charge in [0.2, 0.25) is 11.8 Å². The van der Waals surface area contributed by atoms with Crippen molar-refractivity contribution in [2.45, 2.75) is 45.8 Å². The number of rotatable bonds is 11. The maximum absolute atomic E-state index is 13.7. The molecule has 0 aliphatic carbocycles. The van der Waals surface area contributed by atoms with Crippen LogP contribution in [-0.2, 0) is 22.6 Å². The Morgan fingerprint density at radius 2 is 1.68 bits per heavy atom. The van der Waals surface area contributed by atoms with E-state index in [0.717, 1.165) is 47.6 Å². The second kappa shape index (κ2) is 13.2. The number of likely N-dealkylation sites (N-methyl/N-ethyl adjacent to an activating group) is 1. The lowest BCUT2D eigenvalue weighted by molar-refractivity contribution is -0.142. The van der Waals surface area contributed by atoms with Crippen molar-refractivity contribution in [2.75, 3.05) is 32.7 Å². The third-order valence-electron chi connectivity index (χ3n) is 7.41. The summed E-state index contributed by atoms with van der Waals surface area (Å²) in [5.41, 5.74) is 3.98.